The van der Waals surface area contributed by atoms with Gasteiger partial charge in [-0.25, -0.2) is 14.8 Å². The summed E-state index contributed by atoms with van der Waals surface area (Å²) in [7, 11) is 1.75. The van der Waals surface area contributed by atoms with Crippen LogP contribution in [0.2, 0.25) is 0 Å². The van der Waals surface area contributed by atoms with Crippen molar-refractivity contribution in [3.63, 3.8) is 0 Å². The van der Waals surface area contributed by atoms with Crippen LogP contribution >= 0.6 is 0 Å². The average molecular weight is 360 g/mol. The maximum atomic E-state index is 12.4. The molecule has 4 rings (SSSR count). The van der Waals surface area contributed by atoms with Crippen molar-refractivity contribution in [1.29, 1.82) is 0 Å². The minimum atomic E-state index is -0.978. The highest BCUT2D eigenvalue weighted by Gasteiger charge is 2.24. The molecule has 7 heteroatoms. The van der Waals surface area contributed by atoms with Crippen LogP contribution in [-0.2, 0) is 11.2 Å². The number of aromatic nitrogens is 2. The number of benzene rings is 2. The molecule has 1 aliphatic rings. The number of anilines is 3. The van der Waals surface area contributed by atoms with Crippen LogP contribution in [0.1, 0.15) is 15.9 Å². The molecule has 0 fully saturated rings. The summed E-state index contributed by atoms with van der Waals surface area (Å²) in [6.07, 6.45) is 1.89. The summed E-state index contributed by atoms with van der Waals surface area (Å²) >= 11 is 0. The summed E-state index contributed by atoms with van der Waals surface area (Å²) in [4.78, 5) is 33.9. The SMILES string of the molecule is CN1C(=O)Cc2cnc(Nc3ccc(C(=O)O)cc3)nc2-c2ccccc21. The van der Waals surface area contributed by atoms with Crippen molar-refractivity contribution in [2.75, 3.05) is 17.3 Å². The van der Waals surface area contributed by atoms with Gasteiger partial charge in [0.15, 0.2) is 0 Å². The van der Waals surface area contributed by atoms with Crippen LogP contribution in [0.5, 0.6) is 0 Å². The predicted octanol–water partition coefficient (Wildman–Crippen LogP) is 3.10. The Morgan fingerprint density at radius 1 is 1.15 bits per heavy atom. The lowest BCUT2D eigenvalue weighted by Crippen LogP contribution is -2.26. The summed E-state index contributed by atoms with van der Waals surface area (Å²) in [6, 6.07) is 14.0. The van der Waals surface area contributed by atoms with Gasteiger partial charge in [0.2, 0.25) is 11.9 Å². The topological polar surface area (TPSA) is 95.4 Å². The summed E-state index contributed by atoms with van der Waals surface area (Å²) in [5.74, 6) is -0.619. The Labute approximate surface area is 155 Å². The minimum Gasteiger partial charge on any atom is -0.478 e. The number of rotatable bonds is 3. The van der Waals surface area contributed by atoms with Gasteiger partial charge in [0, 0.05) is 30.1 Å². The van der Waals surface area contributed by atoms with Gasteiger partial charge in [-0.15, -0.1) is 0 Å². The first-order valence-corrected chi connectivity index (χ1v) is 8.35. The zero-order valence-electron chi connectivity index (χ0n) is 14.5. The molecule has 0 bridgehead atoms. The highest BCUT2D eigenvalue weighted by molar-refractivity contribution is 6.01. The van der Waals surface area contributed by atoms with Gasteiger partial charge in [0.25, 0.3) is 0 Å². The molecule has 27 heavy (non-hydrogen) atoms. The second-order valence-electron chi connectivity index (χ2n) is 6.22. The van der Waals surface area contributed by atoms with Crippen molar-refractivity contribution in [2.45, 2.75) is 6.42 Å². The fourth-order valence-corrected chi connectivity index (χ4v) is 3.04. The van der Waals surface area contributed by atoms with Crippen molar-refractivity contribution in [3.8, 4) is 11.3 Å². The zero-order chi connectivity index (χ0) is 19.0. The monoisotopic (exact) mass is 360 g/mol. The number of carboxylic acids is 1. The van der Waals surface area contributed by atoms with Gasteiger partial charge in [-0.3, -0.25) is 4.79 Å². The normalized spacial score (nSPS) is 12.8. The summed E-state index contributed by atoms with van der Waals surface area (Å²) in [6.45, 7) is 0. The Balaban J connectivity index is 1.72. The van der Waals surface area contributed by atoms with Crippen LogP contribution in [0.25, 0.3) is 11.3 Å². The van der Waals surface area contributed by atoms with E-state index in [0.717, 1.165) is 16.8 Å². The highest BCUT2D eigenvalue weighted by Crippen LogP contribution is 2.35. The van der Waals surface area contributed by atoms with Crippen LogP contribution in [0.4, 0.5) is 17.3 Å². The number of hydrogen-bond acceptors (Lipinski definition) is 5. The number of carbonyl (C=O) groups is 2. The Morgan fingerprint density at radius 3 is 2.63 bits per heavy atom. The Morgan fingerprint density at radius 2 is 1.89 bits per heavy atom. The fraction of sp³-hybridized carbons (Fsp3) is 0.100. The third-order valence-corrected chi connectivity index (χ3v) is 4.49. The van der Waals surface area contributed by atoms with Crippen molar-refractivity contribution < 1.29 is 14.7 Å². The number of nitrogens with one attached hydrogen (secondary N) is 1. The van der Waals surface area contributed by atoms with Crippen LogP contribution in [0.3, 0.4) is 0 Å². The summed E-state index contributed by atoms with van der Waals surface area (Å²) in [5, 5.41) is 12.1. The molecule has 0 saturated heterocycles. The van der Waals surface area contributed by atoms with Crippen LogP contribution in [0.15, 0.2) is 54.7 Å². The third kappa shape index (κ3) is 3.10. The van der Waals surface area contributed by atoms with E-state index in [1.807, 2.05) is 24.3 Å². The first-order chi connectivity index (χ1) is 13.0. The van der Waals surface area contributed by atoms with Crippen molar-refractivity contribution >= 4 is 29.2 Å². The molecule has 0 unspecified atom stereocenters. The molecule has 1 aliphatic heterocycles. The molecule has 1 aromatic heterocycles. The van der Waals surface area contributed by atoms with E-state index >= 15 is 0 Å². The van der Waals surface area contributed by atoms with Gasteiger partial charge in [0.05, 0.1) is 23.4 Å². The van der Waals surface area contributed by atoms with Gasteiger partial charge in [-0.2, -0.15) is 0 Å². The van der Waals surface area contributed by atoms with E-state index in [2.05, 4.69) is 15.3 Å². The lowest BCUT2D eigenvalue weighted by Gasteiger charge is -2.16. The summed E-state index contributed by atoms with van der Waals surface area (Å²) in [5.41, 5.74) is 4.03. The second-order valence-corrected chi connectivity index (χ2v) is 6.22. The number of nitrogens with zero attached hydrogens (tertiary/aromatic N) is 3. The molecule has 2 heterocycles. The van der Waals surface area contributed by atoms with Crippen molar-refractivity contribution in [1.82, 2.24) is 9.97 Å². The van der Waals surface area contributed by atoms with E-state index in [1.54, 1.807) is 30.3 Å². The quantitative estimate of drug-likeness (QED) is 0.745. The van der Waals surface area contributed by atoms with Gasteiger partial charge in [-0.05, 0) is 30.3 Å². The van der Waals surface area contributed by atoms with Gasteiger partial charge < -0.3 is 15.3 Å². The molecule has 0 spiro atoms. The number of para-hydroxylation sites is 1. The molecule has 0 atom stereocenters. The second kappa shape index (κ2) is 6.53. The van der Waals surface area contributed by atoms with E-state index in [0.29, 0.717) is 17.3 Å². The standard InChI is InChI=1S/C20H16N4O3/c1-24-16-5-3-2-4-15(16)18-13(10-17(24)25)11-21-20(23-18)22-14-8-6-12(7-9-14)19(26)27/h2-9,11H,10H2,1H3,(H,26,27)(H,21,22,23). The molecule has 2 N–H and O–H groups in total. The van der Waals surface area contributed by atoms with E-state index < -0.39 is 5.97 Å². The predicted molar refractivity (Wildman–Crippen MR) is 101 cm³/mol. The van der Waals surface area contributed by atoms with Crippen molar-refractivity contribution in [2.24, 2.45) is 0 Å². The highest BCUT2D eigenvalue weighted by atomic mass is 16.4. The number of fused-ring (bicyclic) bond motifs is 3. The number of carboxylic acid groups (broad SMARTS) is 1. The molecular formula is C20H16N4O3. The maximum Gasteiger partial charge on any atom is 0.335 e. The molecule has 0 saturated carbocycles. The molecule has 134 valence electrons. The molecule has 3 aromatic rings. The third-order valence-electron chi connectivity index (χ3n) is 4.49. The average Bonchev–Trinajstić information content (AvgIpc) is 2.78. The molecule has 1 amide bonds. The molecule has 7 nitrogen and oxygen atoms in total. The Bertz CT molecular complexity index is 1050. The Kier molecular flexibility index (Phi) is 4.04. The number of hydrogen-bond donors (Lipinski definition) is 2. The van der Waals surface area contributed by atoms with E-state index in [9.17, 15) is 9.59 Å². The lowest BCUT2D eigenvalue weighted by molar-refractivity contribution is -0.117. The van der Waals surface area contributed by atoms with Crippen LogP contribution < -0.4 is 10.2 Å². The Hall–Kier alpha value is -3.74. The number of aromatic carboxylic acids is 1. The summed E-state index contributed by atoms with van der Waals surface area (Å²) < 4.78 is 0. The number of carbonyl (C=O) groups excluding carboxylic acids is 1. The van der Waals surface area contributed by atoms with Crippen LogP contribution in [-0.4, -0.2) is 34.0 Å². The molecule has 2 aromatic carbocycles. The minimum absolute atomic E-state index is 0.0187. The zero-order valence-corrected chi connectivity index (χ0v) is 14.5. The number of likely N-dealkylation sites (N-methyl/N-ethyl adjacent to an activating group) is 1. The van der Waals surface area contributed by atoms with Gasteiger partial charge >= 0.3 is 5.97 Å². The largest absolute Gasteiger partial charge is 0.478 e. The smallest absolute Gasteiger partial charge is 0.335 e. The van der Waals surface area contributed by atoms with E-state index in [4.69, 9.17) is 5.11 Å². The molecule has 0 radical (unpaired) electrons. The van der Waals surface area contributed by atoms with Gasteiger partial charge in [-0.1, -0.05) is 18.2 Å². The molecule has 0 aliphatic carbocycles. The fourth-order valence-electron chi connectivity index (χ4n) is 3.04. The van der Waals surface area contributed by atoms with E-state index in [-0.39, 0.29) is 17.9 Å². The number of amides is 1. The van der Waals surface area contributed by atoms with Crippen LogP contribution in [0, 0.1) is 0 Å². The van der Waals surface area contributed by atoms with Crippen molar-refractivity contribution in [3.05, 3.63) is 65.9 Å². The lowest BCUT2D eigenvalue weighted by atomic mass is 10.1. The van der Waals surface area contributed by atoms with E-state index in [1.165, 1.54) is 12.1 Å². The van der Waals surface area contributed by atoms with Gasteiger partial charge in [0.1, 0.15) is 0 Å². The molecular weight excluding hydrogens is 344 g/mol. The first-order valence-electron chi connectivity index (χ1n) is 8.35. The first kappa shape index (κ1) is 16.7. The maximum absolute atomic E-state index is 12.4.